The number of hydrogen-bond donors (Lipinski definition) is 1. The van der Waals surface area contributed by atoms with E-state index in [1.807, 2.05) is 35.9 Å². The van der Waals surface area contributed by atoms with Crippen LogP contribution in [0.3, 0.4) is 0 Å². The van der Waals surface area contributed by atoms with Gasteiger partial charge in [-0.05, 0) is 25.5 Å². The number of likely N-dealkylation sites (tertiary alicyclic amines) is 1. The van der Waals surface area contributed by atoms with E-state index in [-0.39, 0.29) is 0 Å². The van der Waals surface area contributed by atoms with E-state index in [2.05, 4.69) is 27.2 Å². The first-order valence-corrected chi connectivity index (χ1v) is 8.67. The molecule has 1 aliphatic heterocycles. The maximum Gasteiger partial charge on any atom is 0.135 e. The number of hydrogen-bond acceptors (Lipinski definition) is 5. The van der Waals surface area contributed by atoms with E-state index in [1.165, 1.54) is 0 Å². The summed E-state index contributed by atoms with van der Waals surface area (Å²) in [6.45, 7) is 2.45. The van der Waals surface area contributed by atoms with Gasteiger partial charge >= 0.3 is 0 Å². The average Bonchev–Trinajstić information content (AvgIpc) is 2.99. The predicted molar refractivity (Wildman–Crippen MR) is 97.4 cm³/mol. The third-order valence-electron chi connectivity index (χ3n) is 4.73. The highest BCUT2D eigenvalue weighted by Gasteiger charge is 2.34. The summed E-state index contributed by atoms with van der Waals surface area (Å²) >= 11 is 0. The normalized spacial score (nSPS) is 21.7. The number of ether oxygens (including phenoxy) is 1. The lowest BCUT2D eigenvalue weighted by atomic mass is 9.89. The first-order valence-electron chi connectivity index (χ1n) is 8.67. The summed E-state index contributed by atoms with van der Waals surface area (Å²) in [5.41, 5.74) is 0.327. The Hall–Kier alpha value is -2.18. The minimum atomic E-state index is -0.739. The van der Waals surface area contributed by atoms with Crippen LogP contribution in [-0.2, 0) is 13.5 Å². The van der Waals surface area contributed by atoms with Gasteiger partial charge in [0.25, 0.3) is 0 Å². The number of benzene rings is 1. The average molecular weight is 342 g/mol. The first-order chi connectivity index (χ1) is 12.1. The van der Waals surface area contributed by atoms with Gasteiger partial charge in [-0.15, -0.1) is 10.2 Å². The molecule has 0 radical (unpaired) electrons. The van der Waals surface area contributed by atoms with Gasteiger partial charge in [0.1, 0.15) is 17.9 Å². The van der Waals surface area contributed by atoms with Gasteiger partial charge in [-0.25, -0.2) is 0 Å². The highest BCUT2D eigenvalue weighted by molar-refractivity contribution is 5.57. The minimum Gasteiger partial charge on any atom is -0.496 e. The van der Waals surface area contributed by atoms with Gasteiger partial charge in [0.2, 0.25) is 0 Å². The van der Waals surface area contributed by atoms with Crippen molar-refractivity contribution in [3.63, 3.8) is 0 Å². The van der Waals surface area contributed by atoms with E-state index < -0.39 is 5.60 Å². The van der Waals surface area contributed by atoms with Crippen molar-refractivity contribution < 1.29 is 9.84 Å². The van der Waals surface area contributed by atoms with Crippen LogP contribution in [0.2, 0.25) is 0 Å². The minimum absolute atomic E-state index is 0.538. The summed E-state index contributed by atoms with van der Waals surface area (Å²) in [7, 11) is 3.60. The molecule has 0 amide bonds. The fourth-order valence-electron chi connectivity index (χ4n) is 3.40. The molecule has 1 unspecified atom stereocenters. The number of aliphatic hydroxyl groups is 1. The fourth-order valence-corrected chi connectivity index (χ4v) is 3.40. The van der Waals surface area contributed by atoms with Crippen LogP contribution in [0.5, 0.6) is 5.75 Å². The van der Waals surface area contributed by atoms with Crippen LogP contribution in [0, 0.1) is 0 Å². The van der Waals surface area contributed by atoms with E-state index >= 15 is 0 Å². The molecule has 1 aromatic heterocycles. The Morgan fingerprint density at radius 2 is 2.20 bits per heavy atom. The van der Waals surface area contributed by atoms with Crippen molar-refractivity contribution in [1.29, 1.82) is 0 Å². The van der Waals surface area contributed by atoms with Gasteiger partial charge < -0.3 is 14.4 Å². The Morgan fingerprint density at radius 1 is 1.36 bits per heavy atom. The van der Waals surface area contributed by atoms with Crippen molar-refractivity contribution in [3.8, 4) is 5.75 Å². The van der Waals surface area contributed by atoms with Crippen LogP contribution in [0.25, 0.3) is 6.08 Å². The highest BCUT2D eigenvalue weighted by Crippen LogP contribution is 2.25. The second-order valence-corrected chi connectivity index (χ2v) is 6.74. The molecule has 1 atom stereocenters. The second kappa shape index (κ2) is 7.80. The van der Waals surface area contributed by atoms with Crippen molar-refractivity contribution in [3.05, 3.63) is 48.1 Å². The van der Waals surface area contributed by atoms with Gasteiger partial charge in [0.05, 0.1) is 12.7 Å². The smallest absolute Gasteiger partial charge is 0.135 e. The zero-order valence-corrected chi connectivity index (χ0v) is 14.9. The van der Waals surface area contributed by atoms with Crippen molar-refractivity contribution in [1.82, 2.24) is 19.7 Å². The van der Waals surface area contributed by atoms with Crippen LogP contribution >= 0.6 is 0 Å². The third kappa shape index (κ3) is 4.46. The monoisotopic (exact) mass is 342 g/mol. The highest BCUT2D eigenvalue weighted by atomic mass is 16.5. The molecular formula is C19H26N4O2. The summed E-state index contributed by atoms with van der Waals surface area (Å²) in [6, 6.07) is 7.96. The molecule has 0 saturated carbocycles. The molecule has 25 heavy (non-hydrogen) atoms. The van der Waals surface area contributed by atoms with Crippen molar-refractivity contribution in [2.75, 3.05) is 26.7 Å². The molecule has 6 heteroatoms. The van der Waals surface area contributed by atoms with Crippen LogP contribution < -0.4 is 4.74 Å². The van der Waals surface area contributed by atoms with E-state index in [4.69, 9.17) is 4.74 Å². The van der Waals surface area contributed by atoms with E-state index in [0.29, 0.717) is 13.0 Å². The topological polar surface area (TPSA) is 63.4 Å². The maximum absolute atomic E-state index is 11.0. The number of β-amino-alcohol motifs (C(OH)–C–C–N with tert-alkyl or cyclic N) is 1. The Morgan fingerprint density at radius 3 is 2.96 bits per heavy atom. The van der Waals surface area contributed by atoms with Crippen molar-refractivity contribution in [2.24, 2.45) is 7.05 Å². The molecule has 2 heterocycles. The largest absolute Gasteiger partial charge is 0.496 e. The summed E-state index contributed by atoms with van der Waals surface area (Å²) in [5, 5.41) is 19.0. The molecule has 6 nitrogen and oxygen atoms in total. The number of piperidine rings is 1. The molecule has 1 aliphatic rings. The molecular weight excluding hydrogens is 316 g/mol. The van der Waals surface area contributed by atoms with Crippen molar-refractivity contribution in [2.45, 2.75) is 24.9 Å². The fraction of sp³-hybridized carbons (Fsp3) is 0.474. The standard InChI is InChI=1S/C19H26N4O2/c1-22-15-20-21-18(22)13-19(24)10-6-12-23(14-19)11-5-8-16-7-3-4-9-17(16)25-2/h3-5,7-9,15,24H,6,10-14H2,1-2H3/b8-5+. The molecule has 134 valence electrons. The molecule has 0 bridgehead atoms. The predicted octanol–water partition coefficient (Wildman–Crippen LogP) is 1.91. The van der Waals surface area contributed by atoms with Crippen molar-refractivity contribution >= 4 is 6.08 Å². The van der Waals surface area contributed by atoms with Gasteiger partial charge in [0, 0.05) is 32.1 Å². The molecule has 2 aromatic rings. The quantitative estimate of drug-likeness (QED) is 0.869. The van der Waals surface area contributed by atoms with Crippen LogP contribution in [0.4, 0.5) is 0 Å². The Bertz CT molecular complexity index is 728. The molecule has 0 spiro atoms. The summed E-state index contributed by atoms with van der Waals surface area (Å²) < 4.78 is 7.24. The lowest BCUT2D eigenvalue weighted by Crippen LogP contribution is -2.49. The summed E-state index contributed by atoms with van der Waals surface area (Å²) in [4.78, 5) is 2.28. The summed E-state index contributed by atoms with van der Waals surface area (Å²) in [5.74, 6) is 1.70. The van der Waals surface area contributed by atoms with Gasteiger partial charge in [-0.1, -0.05) is 30.4 Å². The lowest BCUT2D eigenvalue weighted by Gasteiger charge is -2.38. The molecule has 3 rings (SSSR count). The first kappa shape index (κ1) is 17.6. The number of aryl methyl sites for hydroxylation is 1. The SMILES string of the molecule is COc1ccccc1/C=C/CN1CCCC(O)(Cc2nncn2C)C1. The lowest BCUT2D eigenvalue weighted by molar-refractivity contribution is -0.0285. The maximum atomic E-state index is 11.0. The number of nitrogens with zero attached hydrogens (tertiary/aromatic N) is 4. The van der Waals surface area contributed by atoms with Gasteiger partial charge in [-0.3, -0.25) is 4.90 Å². The number of methoxy groups -OCH3 is 1. The van der Waals surface area contributed by atoms with Crippen LogP contribution in [-0.4, -0.2) is 57.1 Å². The van der Waals surface area contributed by atoms with E-state index in [0.717, 1.165) is 43.1 Å². The number of para-hydroxylation sites is 1. The second-order valence-electron chi connectivity index (χ2n) is 6.74. The number of aromatic nitrogens is 3. The molecule has 0 aliphatic carbocycles. The zero-order chi connectivity index (χ0) is 17.7. The Kier molecular flexibility index (Phi) is 5.50. The Balaban J connectivity index is 1.60. The van der Waals surface area contributed by atoms with E-state index in [1.54, 1.807) is 13.4 Å². The van der Waals surface area contributed by atoms with Gasteiger partial charge in [0.15, 0.2) is 0 Å². The molecule has 1 aromatic carbocycles. The molecule has 1 fully saturated rings. The van der Waals surface area contributed by atoms with Crippen LogP contribution in [0.1, 0.15) is 24.2 Å². The summed E-state index contributed by atoms with van der Waals surface area (Å²) in [6.07, 6.45) is 8.20. The number of rotatable bonds is 6. The zero-order valence-electron chi connectivity index (χ0n) is 14.9. The Labute approximate surface area is 148 Å². The van der Waals surface area contributed by atoms with E-state index in [9.17, 15) is 5.11 Å². The molecule has 1 saturated heterocycles. The van der Waals surface area contributed by atoms with Crippen LogP contribution in [0.15, 0.2) is 36.7 Å². The third-order valence-corrected chi connectivity index (χ3v) is 4.73. The molecule has 1 N–H and O–H groups in total. The van der Waals surface area contributed by atoms with Gasteiger partial charge in [-0.2, -0.15) is 0 Å².